The second kappa shape index (κ2) is 6.02. The first-order chi connectivity index (χ1) is 11.6. The maximum atomic E-state index is 12.9. The molecule has 1 amide bonds. The zero-order valence-electron chi connectivity index (χ0n) is 13.4. The van der Waals surface area contributed by atoms with Crippen molar-refractivity contribution < 1.29 is 14.3 Å². The number of ether oxygens (including phenoxy) is 2. The Morgan fingerprint density at radius 1 is 1.38 bits per heavy atom. The van der Waals surface area contributed by atoms with Crippen LogP contribution in [0.4, 0.5) is 0 Å². The highest BCUT2D eigenvalue weighted by Crippen LogP contribution is 2.40. The number of carbonyl (C=O) groups is 1. The van der Waals surface area contributed by atoms with Crippen molar-refractivity contribution in [3.05, 3.63) is 40.9 Å². The highest BCUT2D eigenvalue weighted by molar-refractivity contribution is 6.32. The van der Waals surface area contributed by atoms with Gasteiger partial charge in [0.2, 0.25) is 6.79 Å². The standard InChI is InChI=1S/C17H18ClN3O3/c1-11-19-4-6-21(11)13-3-2-5-20(9-13)17(22)12-7-14(18)16-15(8-12)23-10-24-16/h4,6-8,13H,2-3,5,9-10H2,1H3/t13-/m0/s1. The lowest BCUT2D eigenvalue weighted by Crippen LogP contribution is -2.40. The van der Waals surface area contributed by atoms with Crippen molar-refractivity contribution in [3.63, 3.8) is 0 Å². The van der Waals surface area contributed by atoms with Gasteiger partial charge in [0, 0.05) is 31.0 Å². The van der Waals surface area contributed by atoms with E-state index < -0.39 is 0 Å². The Balaban J connectivity index is 1.56. The van der Waals surface area contributed by atoms with Gasteiger partial charge < -0.3 is 18.9 Å². The van der Waals surface area contributed by atoms with Crippen LogP contribution >= 0.6 is 11.6 Å². The molecule has 0 bridgehead atoms. The van der Waals surface area contributed by atoms with Gasteiger partial charge in [0.25, 0.3) is 5.91 Å². The third kappa shape index (κ3) is 2.60. The van der Waals surface area contributed by atoms with Crippen LogP contribution in [-0.4, -0.2) is 40.2 Å². The van der Waals surface area contributed by atoms with E-state index in [4.69, 9.17) is 21.1 Å². The predicted molar refractivity (Wildman–Crippen MR) is 88.7 cm³/mol. The molecule has 2 aliphatic rings. The minimum Gasteiger partial charge on any atom is -0.454 e. The maximum Gasteiger partial charge on any atom is 0.254 e. The minimum absolute atomic E-state index is 0.0299. The average molecular weight is 348 g/mol. The first-order valence-corrected chi connectivity index (χ1v) is 8.39. The Morgan fingerprint density at radius 3 is 3.04 bits per heavy atom. The van der Waals surface area contributed by atoms with Gasteiger partial charge in [0.15, 0.2) is 11.5 Å². The Kier molecular flexibility index (Phi) is 3.84. The zero-order valence-corrected chi connectivity index (χ0v) is 14.1. The molecule has 0 N–H and O–H groups in total. The molecule has 0 unspecified atom stereocenters. The monoisotopic (exact) mass is 347 g/mol. The molecule has 0 spiro atoms. The summed E-state index contributed by atoms with van der Waals surface area (Å²) in [5.74, 6) is 1.99. The summed E-state index contributed by atoms with van der Waals surface area (Å²) in [6.07, 6.45) is 5.79. The molecule has 4 rings (SSSR count). The van der Waals surface area contributed by atoms with Gasteiger partial charge in [0.1, 0.15) is 5.82 Å². The first-order valence-electron chi connectivity index (χ1n) is 8.01. The molecule has 0 aliphatic carbocycles. The summed E-state index contributed by atoms with van der Waals surface area (Å²) in [7, 11) is 0. The van der Waals surface area contributed by atoms with Gasteiger partial charge in [0.05, 0.1) is 11.1 Å². The lowest BCUT2D eigenvalue weighted by atomic mass is 10.0. The summed E-state index contributed by atoms with van der Waals surface area (Å²) in [6.45, 7) is 3.54. The van der Waals surface area contributed by atoms with Gasteiger partial charge in [-0.05, 0) is 31.9 Å². The summed E-state index contributed by atoms with van der Waals surface area (Å²) in [5.41, 5.74) is 0.534. The number of hydrogen-bond acceptors (Lipinski definition) is 4. The number of benzene rings is 1. The van der Waals surface area contributed by atoms with Gasteiger partial charge in [-0.15, -0.1) is 0 Å². The molecule has 2 aromatic rings. The number of amides is 1. The second-order valence-electron chi connectivity index (χ2n) is 6.12. The van der Waals surface area contributed by atoms with Gasteiger partial charge in [-0.25, -0.2) is 4.98 Å². The largest absolute Gasteiger partial charge is 0.454 e. The van der Waals surface area contributed by atoms with Gasteiger partial charge >= 0.3 is 0 Å². The minimum atomic E-state index is -0.0299. The number of carbonyl (C=O) groups excluding carboxylic acids is 1. The van der Waals surface area contributed by atoms with Crippen LogP contribution in [0.3, 0.4) is 0 Å². The van der Waals surface area contributed by atoms with Crippen LogP contribution in [0.1, 0.15) is 35.1 Å². The zero-order chi connectivity index (χ0) is 16.7. The van der Waals surface area contributed by atoms with Crippen molar-refractivity contribution >= 4 is 17.5 Å². The van der Waals surface area contributed by atoms with E-state index in [0.29, 0.717) is 28.6 Å². The van der Waals surface area contributed by atoms with E-state index in [-0.39, 0.29) is 18.7 Å². The average Bonchev–Trinajstić information content (AvgIpc) is 3.23. The van der Waals surface area contributed by atoms with E-state index in [1.54, 1.807) is 18.3 Å². The quantitative estimate of drug-likeness (QED) is 0.837. The molecule has 24 heavy (non-hydrogen) atoms. The fraction of sp³-hybridized carbons (Fsp3) is 0.412. The second-order valence-corrected chi connectivity index (χ2v) is 6.53. The maximum absolute atomic E-state index is 12.9. The van der Waals surface area contributed by atoms with Gasteiger partial charge in [-0.3, -0.25) is 4.79 Å². The van der Waals surface area contributed by atoms with Crippen LogP contribution in [0.5, 0.6) is 11.5 Å². The number of aromatic nitrogens is 2. The molecule has 3 heterocycles. The molecular formula is C17H18ClN3O3. The van der Waals surface area contributed by atoms with Crippen molar-refractivity contribution in [1.82, 2.24) is 14.5 Å². The van der Waals surface area contributed by atoms with Crippen LogP contribution in [0.15, 0.2) is 24.5 Å². The van der Waals surface area contributed by atoms with Gasteiger partial charge in [-0.1, -0.05) is 11.6 Å². The Labute approximate surface area is 144 Å². The molecule has 1 fully saturated rings. The lowest BCUT2D eigenvalue weighted by molar-refractivity contribution is 0.0678. The molecule has 2 aliphatic heterocycles. The number of fused-ring (bicyclic) bond motifs is 1. The number of halogens is 1. The topological polar surface area (TPSA) is 56.6 Å². The number of rotatable bonds is 2. The summed E-state index contributed by atoms with van der Waals surface area (Å²) >= 11 is 6.20. The molecule has 1 aromatic heterocycles. The number of imidazole rings is 1. The summed E-state index contributed by atoms with van der Waals surface area (Å²) in [6, 6.07) is 3.63. The van der Waals surface area contributed by atoms with Crippen LogP contribution in [0.2, 0.25) is 5.02 Å². The first kappa shape index (κ1) is 15.3. The van der Waals surface area contributed by atoms with E-state index >= 15 is 0 Å². The number of likely N-dealkylation sites (tertiary alicyclic amines) is 1. The van der Waals surface area contributed by atoms with E-state index in [2.05, 4.69) is 9.55 Å². The van der Waals surface area contributed by atoms with Crippen LogP contribution < -0.4 is 9.47 Å². The molecule has 1 atom stereocenters. The molecular weight excluding hydrogens is 330 g/mol. The van der Waals surface area contributed by atoms with Crippen molar-refractivity contribution in [2.75, 3.05) is 19.9 Å². The summed E-state index contributed by atoms with van der Waals surface area (Å²) in [4.78, 5) is 19.1. The highest BCUT2D eigenvalue weighted by atomic mass is 35.5. The predicted octanol–water partition coefficient (Wildman–Crippen LogP) is 3.05. The number of piperidine rings is 1. The van der Waals surface area contributed by atoms with E-state index in [9.17, 15) is 4.79 Å². The Hall–Kier alpha value is -2.21. The molecule has 0 radical (unpaired) electrons. The van der Waals surface area contributed by atoms with Crippen molar-refractivity contribution in [2.24, 2.45) is 0 Å². The number of nitrogens with zero attached hydrogens (tertiary/aromatic N) is 3. The molecule has 7 heteroatoms. The van der Waals surface area contributed by atoms with Crippen LogP contribution in [0.25, 0.3) is 0 Å². The lowest BCUT2D eigenvalue weighted by Gasteiger charge is -2.34. The van der Waals surface area contributed by atoms with Gasteiger partial charge in [-0.2, -0.15) is 0 Å². The van der Waals surface area contributed by atoms with Crippen LogP contribution in [0, 0.1) is 6.92 Å². The molecule has 126 valence electrons. The summed E-state index contributed by atoms with van der Waals surface area (Å²) in [5, 5.41) is 0.410. The molecule has 0 saturated carbocycles. The summed E-state index contributed by atoms with van der Waals surface area (Å²) < 4.78 is 12.8. The third-order valence-corrected chi connectivity index (χ3v) is 4.89. The van der Waals surface area contributed by atoms with E-state index in [0.717, 1.165) is 25.2 Å². The van der Waals surface area contributed by atoms with Crippen molar-refractivity contribution in [3.8, 4) is 11.5 Å². The normalized spacial score (nSPS) is 19.6. The Bertz CT molecular complexity index is 789. The van der Waals surface area contributed by atoms with E-state index in [1.807, 2.05) is 18.0 Å². The number of aryl methyl sites for hydroxylation is 1. The SMILES string of the molecule is Cc1nccn1[C@H]1CCCN(C(=O)c2cc(Cl)c3c(c2)OCO3)C1. The molecule has 1 saturated heterocycles. The fourth-order valence-electron chi connectivity index (χ4n) is 3.41. The highest BCUT2D eigenvalue weighted by Gasteiger charge is 2.28. The smallest absolute Gasteiger partial charge is 0.254 e. The fourth-order valence-corrected chi connectivity index (χ4v) is 3.68. The number of hydrogen-bond donors (Lipinski definition) is 0. The Morgan fingerprint density at radius 2 is 2.25 bits per heavy atom. The molecule has 1 aromatic carbocycles. The van der Waals surface area contributed by atoms with Crippen LogP contribution in [-0.2, 0) is 0 Å². The van der Waals surface area contributed by atoms with Crippen molar-refractivity contribution in [1.29, 1.82) is 0 Å². The van der Waals surface area contributed by atoms with Crippen molar-refractivity contribution in [2.45, 2.75) is 25.8 Å². The molecule has 6 nitrogen and oxygen atoms in total. The van der Waals surface area contributed by atoms with E-state index in [1.165, 1.54) is 0 Å². The third-order valence-electron chi connectivity index (χ3n) is 4.61.